The average Bonchev–Trinajstić information content (AvgIpc) is 3.93. The number of aliphatic carboxylic acids is 1. The highest BCUT2D eigenvalue weighted by atomic mass is 16.4. The van der Waals surface area contributed by atoms with Gasteiger partial charge in [0.1, 0.15) is 36.3 Å². The van der Waals surface area contributed by atoms with Crippen molar-refractivity contribution >= 4 is 41.4 Å². The van der Waals surface area contributed by atoms with Crippen LogP contribution in [0.5, 0.6) is 0 Å². The van der Waals surface area contributed by atoms with Crippen LogP contribution in [0.25, 0.3) is 0 Å². The number of aliphatic hydroxyl groups is 2. The lowest BCUT2D eigenvalue weighted by atomic mass is 10.1. The number of aliphatic hydroxyl groups excluding tert-OH is 2. The number of amides is 6. The number of rotatable bonds is 11. The summed E-state index contributed by atoms with van der Waals surface area (Å²) in [5.74, 6) is -4.38. The number of carbonyl (C=O) groups is 7. The van der Waals surface area contributed by atoms with E-state index in [9.17, 15) is 48.9 Å². The summed E-state index contributed by atoms with van der Waals surface area (Å²) in [7, 11) is 0. The molecule has 0 bridgehead atoms. The van der Waals surface area contributed by atoms with E-state index < -0.39 is 85.0 Å². The second kappa shape index (κ2) is 15.6. The Morgan fingerprint density at radius 3 is 1.50 bits per heavy atom. The Labute approximate surface area is 278 Å². The largest absolute Gasteiger partial charge is 0.480 e. The fourth-order valence-electron chi connectivity index (χ4n) is 7.77. The van der Waals surface area contributed by atoms with Crippen molar-refractivity contribution in [2.75, 3.05) is 45.9 Å². The fourth-order valence-corrected chi connectivity index (χ4v) is 7.77. The summed E-state index contributed by atoms with van der Waals surface area (Å²) < 4.78 is 0. The zero-order valence-electron chi connectivity index (χ0n) is 27.1. The molecule has 6 N–H and O–H groups in total. The first kappa shape index (κ1) is 35.5. The molecule has 5 aliphatic heterocycles. The highest BCUT2D eigenvalue weighted by Crippen LogP contribution is 2.26. The predicted molar refractivity (Wildman–Crippen MR) is 166 cm³/mol. The van der Waals surface area contributed by atoms with Crippen molar-refractivity contribution in [2.45, 2.75) is 107 Å². The fraction of sp³-hybridized carbons (Fsp3) is 0.774. The van der Waals surface area contributed by atoms with Gasteiger partial charge in [-0.15, -0.1) is 0 Å². The van der Waals surface area contributed by atoms with Crippen LogP contribution < -0.4 is 16.0 Å². The summed E-state index contributed by atoms with van der Waals surface area (Å²) in [5.41, 5.74) is 0. The highest BCUT2D eigenvalue weighted by Gasteiger charge is 2.45. The van der Waals surface area contributed by atoms with Gasteiger partial charge in [-0.05, 0) is 70.8 Å². The molecule has 0 aromatic rings. The quantitative estimate of drug-likeness (QED) is 0.127. The Morgan fingerprint density at radius 2 is 1.02 bits per heavy atom. The van der Waals surface area contributed by atoms with Gasteiger partial charge >= 0.3 is 5.97 Å². The van der Waals surface area contributed by atoms with Crippen LogP contribution >= 0.6 is 0 Å². The summed E-state index contributed by atoms with van der Waals surface area (Å²) in [6, 6.07) is -6.82. The van der Waals surface area contributed by atoms with Gasteiger partial charge in [-0.3, -0.25) is 28.8 Å². The monoisotopic (exact) mass is 677 g/mol. The Bertz CT molecular complexity index is 1280. The molecule has 5 fully saturated rings. The maximum atomic E-state index is 13.6. The lowest BCUT2D eigenvalue weighted by molar-refractivity contribution is -0.152. The van der Waals surface area contributed by atoms with Crippen LogP contribution in [-0.4, -0.2) is 165 Å². The van der Waals surface area contributed by atoms with Gasteiger partial charge < -0.3 is 50.9 Å². The van der Waals surface area contributed by atoms with Gasteiger partial charge in [0, 0.05) is 26.2 Å². The van der Waals surface area contributed by atoms with Gasteiger partial charge in [0.05, 0.1) is 19.3 Å². The summed E-state index contributed by atoms with van der Waals surface area (Å²) in [5, 5.41) is 38.0. The van der Waals surface area contributed by atoms with Gasteiger partial charge in [-0.1, -0.05) is 0 Å². The highest BCUT2D eigenvalue weighted by molar-refractivity contribution is 5.97. The van der Waals surface area contributed by atoms with Crippen molar-refractivity contribution in [3.8, 4) is 0 Å². The SMILES string of the molecule is O=C(O)[C@@H]1CCCN1C(=O)[C@@H]1CCCN1C(=O)[C@H](CO)NC(=O)[C@@H]1CCCN1C(=O)[C@H](CO)NC(=O)[C@@H]1CCCN1C(=O)[C@@H]1CCCN1. The van der Waals surface area contributed by atoms with Crippen molar-refractivity contribution in [3.63, 3.8) is 0 Å². The molecule has 0 aromatic heterocycles. The molecule has 17 nitrogen and oxygen atoms in total. The summed E-state index contributed by atoms with van der Waals surface area (Å²) in [4.78, 5) is 97.0. The van der Waals surface area contributed by atoms with Crippen LogP contribution in [0.2, 0.25) is 0 Å². The van der Waals surface area contributed by atoms with Crippen LogP contribution in [0, 0.1) is 0 Å². The summed E-state index contributed by atoms with van der Waals surface area (Å²) in [6.45, 7) is 0.260. The zero-order valence-corrected chi connectivity index (χ0v) is 27.1. The van der Waals surface area contributed by atoms with E-state index in [0.717, 1.165) is 13.0 Å². The van der Waals surface area contributed by atoms with Crippen LogP contribution in [0.15, 0.2) is 0 Å². The van der Waals surface area contributed by atoms with Crippen LogP contribution in [0.4, 0.5) is 0 Å². The van der Waals surface area contributed by atoms with Crippen LogP contribution in [0.3, 0.4) is 0 Å². The molecule has 0 aromatic carbocycles. The van der Waals surface area contributed by atoms with E-state index in [2.05, 4.69) is 16.0 Å². The summed E-state index contributed by atoms with van der Waals surface area (Å²) in [6.07, 6.45) is 4.95. The third kappa shape index (κ3) is 7.27. The van der Waals surface area contributed by atoms with E-state index in [-0.39, 0.29) is 38.0 Å². The van der Waals surface area contributed by atoms with Gasteiger partial charge in [-0.2, -0.15) is 0 Å². The Hall–Kier alpha value is -3.83. The van der Waals surface area contributed by atoms with Gasteiger partial charge in [0.2, 0.25) is 35.4 Å². The first-order chi connectivity index (χ1) is 23.1. The van der Waals surface area contributed by atoms with Crippen LogP contribution in [0.1, 0.15) is 64.2 Å². The molecule has 5 heterocycles. The maximum Gasteiger partial charge on any atom is 0.326 e. The zero-order chi connectivity index (χ0) is 34.5. The first-order valence-electron chi connectivity index (χ1n) is 17.1. The minimum absolute atomic E-state index is 0.158. The smallest absolute Gasteiger partial charge is 0.326 e. The molecular formula is C31H47N7O10. The minimum atomic E-state index is -1.41. The molecule has 0 aliphatic carbocycles. The van der Waals surface area contributed by atoms with E-state index >= 15 is 0 Å². The molecule has 6 amide bonds. The Balaban J connectivity index is 1.19. The maximum absolute atomic E-state index is 13.6. The second-order valence-electron chi connectivity index (χ2n) is 13.2. The molecule has 266 valence electrons. The Kier molecular flexibility index (Phi) is 11.5. The standard InChI is InChI=1S/C31H47N7O10/c39-16-19(33-25(41)21-7-2-12-35(21)27(43)18-6-1-11-32-18)28(44)36-13-3-8-22(36)26(42)34-20(17-40)29(45)37-14-4-9-23(37)30(46)38-15-5-10-24(38)31(47)48/h18-24,32,39-40H,1-17H2,(H,33,41)(H,34,42)(H,47,48)/t18-,19-,20-,21-,22-,23-,24-/m0/s1. The average molecular weight is 678 g/mol. The normalized spacial score (nSPS) is 28.4. The van der Waals surface area contributed by atoms with E-state index in [1.165, 1.54) is 19.6 Å². The van der Waals surface area contributed by atoms with Crippen molar-refractivity contribution in [3.05, 3.63) is 0 Å². The van der Waals surface area contributed by atoms with Crippen molar-refractivity contribution < 1.29 is 48.9 Å². The third-order valence-electron chi connectivity index (χ3n) is 10.3. The van der Waals surface area contributed by atoms with Gasteiger partial charge in [0.15, 0.2) is 0 Å². The number of hydrogen-bond acceptors (Lipinski definition) is 10. The molecule has 5 aliphatic rings. The number of likely N-dealkylation sites (tertiary alicyclic amines) is 4. The molecule has 48 heavy (non-hydrogen) atoms. The van der Waals surface area contributed by atoms with Crippen molar-refractivity contribution in [2.24, 2.45) is 0 Å². The van der Waals surface area contributed by atoms with E-state index in [4.69, 9.17) is 0 Å². The number of nitrogens with one attached hydrogen (secondary N) is 3. The number of carboxylic acid groups (broad SMARTS) is 1. The molecule has 0 saturated carbocycles. The lowest BCUT2D eigenvalue weighted by Gasteiger charge is -2.33. The number of carbonyl (C=O) groups excluding carboxylic acids is 6. The number of carboxylic acids is 1. The summed E-state index contributed by atoms with van der Waals surface area (Å²) >= 11 is 0. The predicted octanol–water partition coefficient (Wildman–Crippen LogP) is -3.26. The van der Waals surface area contributed by atoms with Crippen molar-refractivity contribution in [1.82, 2.24) is 35.6 Å². The molecule has 0 unspecified atom stereocenters. The van der Waals surface area contributed by atoms with Crippen LogP contribution in [-0.2, 0) is 33.6 Å². The second-order valence-corrected chi connectivity index (χ2v) is 13.2. The molecule has 0 spiro atoms. The number of nitrogens with zero attached hydrogens (tertiary/aromatic N) is 4. The molecular weight excluding hydrogens is 630 g/mol. The third-order valence-corrected chi connectivity index (χ3v) is 10.3. The number of hydrogen-bond donors (Lipinski definition) is 6. The lowest BCUT2D eigenvalue weighted by Crippen LogP contribution is -2.60. The molecule has 5 saturated heterocycles. The van der Waals surface area contributed by atoms with Gasteiger partial charge in [-0.25, -0.2) is 4.79 Å². The van der Waals surface area contributed by atoms with Crippen molar-refractivity contribution in [1.29, 1.82) is 0 Å². The molecule has 7 atom stereocenters. The van der Waals surface area contributed by atoms with E-state index in [1.54, 1.807) is 0 Å². The molecule has 17 heteroatoms. The molecule has 5 rings (SSSR count). The Morgan fingerprint density at radius 1 is 0.583 bits per heavy atom. The van der Waals surface area contributed by atoms with E-state index in [0.29, 0.717) is 57.9 Å². The molecule has 0 radical (unpaired) electrons. The topological polar surface area (TPSA) is 229 Å². The van der Waals surface area contributed by atoms with Gasteiger partial charge in [0.25, 0.3) is 0 Å². The minimum Gasteiger partial charge on any atom is -0.480 e. The van der Waals surface area contributed by atoms with E-state index in [1.807, 2.05) is 0 Å². The first-order valence-corrected chi connectivity index (χ1v) is 17.1.